The van der Waals surface area contributed by atoms with Crippen molar-refractivity contribution in [3.63, 3.8) is 0 Å². The molecule has 2 aromatic rings. The number of ether oxygens (including phenoxy) is 1. The van der Waals surface area contributed by atoms with Crippen LogP contribution in [0.2, 0.25) is 5.02 Å². The van der Waals surface area contributed by atoms with E-state index in [0.29, 0.717) is 29.2 Å². The maximum absolute atomic E-state index is 6.12. The Hall–Kier alpha value is -1.66. The highest BCUT2D eigenvalue weighted by atomic mass is 35.5. The number of fused-ring (bicyclic) bond motifs is 1. The molecule has 1 aromatic carbocycles. The molecule has 0 saturated heterocycles. The van der Waals surface area contributed by atoms with Gasteiger partial charge in [-0.05, 0) is 17.7 Å². The highest BCUT2D eigenvalue weighted by molar-refractivity contribution is 7.98. The number of nitrogens with two attached hydrogens (primary N) is 2. The lowest BCUT2D eigenvalue weighted by Crippen LogP contribution is -1.99. The lowest BCUT2D eigenvalue weighted by molar-refractivity contribution is 0.354. The molecule has 4 N–H and O–H groups in total. The lowest BCUT2D eigenvalue weighted by Gasteiger charge is -2.08. The molecule has 20 heavy (non-hydrogen) atoms. The van der Waals surface area contributed by atoms with Crippen LogP contribution in [0.25, 0.3) is 0 Å². The predicted octanol–water partition coefficient (Wildman–Crippen LogP) is 2.52. The minimum atomic E-state index is 0.368. The smallest absolute Gasteiger partial charge is 0.191 e. The predicted molar refractivity (Wildman–Crippen MR) is 81.1 cm³/mol. The van der Waals surface area contributed by atoms with Gasteiger partial charge in [-0.1, -0.05) is 23.4 Å². The molecule has 0 saturated carbocycles. The molecular formula is C13H13ClN4OS. The first-order valence-corrected chi connectivity index (χ1v) is 7.45. The number of nitrogen functional groups attached to an aromatic ring is 2. The quantitative estimate of drug-likeness (QED) is 0.669. The second-order valence-electron chi connectivity index (χ2n) is 4.44. The first kappa shape index (κ1) is 13.3. The van der Waals surface area contributed by atoms with Gasteiger partial charge in [0.25, 0.3) is 0 Å². The Morgan fingerprint density at radius 1 is 1.20 bits per heavy atom. The van der Waals surface area contributed by atoms with Crippen LogP contribution in [0.4, 0.5) is 11.6 Å². The van der Waals surface area contributed by atoms with Crippen LogP contribution in [-0.4, -0.2) is 16.6 Å². The van der Waals surface area contributed by atoms with Crippen LogP contribution in [0, 0.1) is 0 Å². The Bertz CT molecular complexity index is 645. The van der Waals surface area contributed by atoms with Gasteiger partial charge in [-0.3, -0.25) is 0 Å². The maximum atomic E-state index is 6.12. The highest BCUT2D eigenvalue weighted by Gasteiger charge is 2.18. The molecule has 0 fully saturated rings. The fourth-order valence-corrected chi connectivity index (χ4v) is 3.22. The van der Waals surface area contributed by atoms with Crippen LogP contribution in [0.5, 0.6) is 5.75 Å². The van der Waals surface area contributed by atoms with Gasteiger partial charge in [0.15, 0.2) is 5.16 Å². The second-order valence-corrected chi connectivity index (χ2v) is 5.82. The maximum Gasteiger partial charge on any atom is 0.191 e. The summed E-state index contributed by atoms with van der Waals surface area (Å²) < 4.78 is 5.66. The van der Waals surface area contributed by atoms with Crippen LogP contribution < -0.4 is 16.2 Å². The molecule has 104 valence electrons. The van der Waals surface area contributed by atoms with Crippen molar-refractivity contribution in [2.75, 3.05) is 18.1 Å². The van der Waals surface area contributed by atoms with E-state index in [1.54, 1.807) is 0 Å². The average Bonchev–Trinajstić information content (AvgIpc) is 2.82. The largest absolute Gasteiger partial charge is 0.493 e. The van der Waals surface area contributed by atoms with E-state index in [-0.39, 0.29) is 0 Å². The number of aromatic nitrogens is 2. The summed E-state index contributed by atoms with van der Waals surface area (Å²) in [6.07, 6.45) is 0.898. The van der Waals surface area contributed by atoms with E-state index in [1.807, 2.05) is 12.1 Å². The molecule has 7 heteroatoms. The van der Waals surface area contributed by atoms with Crippen molar-refractivity contribution in [1.29, 1.82) is 0 Å². The van der Waals surface area contributed by atoms with Crippen LogP contribution in [0.1, 0.15) is 11.1 Å². The molecule has 2 heterocycles. The van der Waals surface area contributed by atoms with Crippen LogP contribution >= 0.6 is 23.4 Å². The minimum Gasteiger partial charge on any atom is -0.493 e. The van der Waals surface area contributed by atoms with E-state index in [9.17, 15) is 0 Å². The molecular weight excluding hydrogens is 296 g/mol. The number of nitrogens with zero attached hydrogens (tertiary/aromatic N) is 2. The van der Waals surface area contributed by atoms with Crippen molar-refractivity contribution in [3.8, 4) is 5.75 Å². The van der Waals surface area contributed by atoms with Gasteiger partial charge in [0, 0.05) is 28.8 Å². The third kappa shape index (κ3) is 2.76. The topological polar surface area (TPSA) is 87.1 Å². The number of anilines is 2. The van der Waals surface area contributed by atoms with Crippen molar-refractivity contribution in [1.82, 2.24) is 9.97 Å². The van der Waals surface area contributed by atoms with Gasteiger partial charge < -0.3 is 16.2 Å². The average molecular weight is 309 g/mol. The summed E-state index contributed by atoms with van der Waals surface area (Å²) in [6, 6.07) is 5.39. The van der Waals surface area contributed by atoms with Crippen molar-refractivity contribution >= 4 is 35.0 Å². The van der Waals surface area contributed by atoms with E-state index >= 15 is 0 Å². The molecule has 0 radical (unpaired) electrons. The van der Waals surface area contributed by atoms with Crippen molar-refractivity contribution in [2.24, 2.45) is 0 Å². The zero-order chi connectivity index (χ0) is 14.1. The Balaban J connectivity index is 1.82. The Morgan fingerprint density at radius 3 is 2.70 bits per heavy atom. The van der Waals surface area contributed by atoms with Gasteiger partial charge in [0.1, 0.15) is 17.4 Å². The van der Waals surface area contributed by atoms with Crippen molar-refractivity contribution in [3.05, 3.63) is 34.3 Å². The first-order chi connectivity index (χ1) is 9.61. The van der Waals surface area contributed by atoms with Crippen LogP contribution in [0.15, 0.2) is 23.4 Å². The Labute approximate surface area is 125 Å². The lowest BCUT2D eigenvalue weighted by atomic mass is 10.1. The van der Waals surface area contributed by atoms with Gasteiger partial charge in [0.05, 0.1) is 6.61 Å². The molecule has 0 spiro atoms. The molecule has 3 rings (SSSR count). The first-order valence-electron chi connectivity index (χ1n) is 6.09. The number of hydrogen-bond donors (Lipinski definition) is 2. The zero-order valence-corrected chi connectivity index (χ0v) is 12.2. The van der Waals surface area contributed by atoms with Crippen molar-refractivity contribution in [2.45, 2.75) is 17.3 Å². The summed E-state index contributed by atoms with van der Waals surface area (Å²) in [4.78, 5) is 8.28. The number of halogens is 1. The summed E-state index contributed by atoms with van der Waals surface area (Å²) in [5.74, 6) is 2.32. The number of rotatable bonds is 3. The normalized spacial score (nSPS) is 13.1. The van der Waals surface area contributed by atoms with Crippen LogP contribution in [-0.2, 0) is 12.2 Å². The molecule has 1 aliphatic heterocycles. The van der Waals surface area contributed by atoms with Gasteiger partial charge in [-0.2, -0.15) is 0 Å². The van der Waals surface area contributed by atoms with Gasteiger partial charge >= 0.3 is 0 Å². The Kier molecular flexibility index (Phi) is 3.58. The SMILES string of the molecule is Nc1cc(N)nc(SCc2cc(Cl)cc3c2OCC3)n1. The molecule has 0 aliphatic carbocycles. The summed E-state index contributed by atoms with van der Waals surface area (Å²) in [6.45, 7) is 0.703. The summed E-state index contributed by atoms with van der Waals surface area (Å²) in [5.41, 5.74) is 13.5. The van der Waals surface area contributed by atoms with E-state index in [4.69, 9.17) is 27.8 Å². The van der Waals surface area contributed by atoms with E-state index < -0.39 is 0 Å². The standard InChI is InChI=1S/C13H13ClN4OS/c14-9-3-7-1-2-19-12(7)8(4-9)6-20-13-17-10(15)5-11(16)18-13/h3-5H,1-2,6H2,(H4,15,16,17,18). The van der Waals surface area contributed by atoms with E-state index in [1.165, 1.54) is 17.8 Å². The summed E-state index contributed by atoms with van der Waals surface area (Å²) in [5, 5.41) is 1.27. The fourth-order valence-electron chi connectivity index (χ4n) is 2.12. The van der Waals surface area contributed by atoms with E-state index in [2.05, 4.69) is 9.97 Å². The second kappa shape index (κ2) is 5.38. The highest BCUT2D eigenvalue weighted by Crippen LogP contribution is 2.36. The number of thioether (sulfide) groups is 1. The number of hydrogen-bond acceptors (Lipinski definition) is 6. The molecule has 5 nitrogen and oxygen atoms in total. The fraction of sp³-hybridized carbons (Fsp3) is 0.231. The van der Waals surface area contributed by atoms with Gasteiger partial charge in [-0.15, -0.1) is 0 Å². The summed E-state index contributed by atoms with van der Waals surface area (Å²) in [7, 11) is 0. The minimum absolute atomic E-state index is 0.368. The Morgan fingerprint density at radius 2 is 1.95 bits per heavy atom. The molecule has 0 atom stereocenters. The molecule has 0 amide bonds. The van der Waals surface area contributed by atoms with E-state index in [0.717, 1.165) is 28.3 Å². The molecule has 0 unspecified atom stereocenters. The third-order valence-corrected chi connectivity index (χ3v) is 4.04. The molecule has 1 aromatic heterocycles. The van der Waals surface area contributed by atoms with Gasteiger partial charge in [0.2, 0.25) is 0 Å². The van der Waals surface area contributed by atoms with Crippen molar-refractivity contribution < 1.29 is 4.74 Å². The third-order valence-electron chi connectivity index (χ3n) is 2.93. The monoisotopic (exact) mass is 308 g/mol. The number of benzene rings is 1. The van der Waals surface area contributed by atoms with Crippen LogP contribution in [0.3, 0.4) is 0 Å². The molecule has 1 aliphatic rings. The molecule has 0 bridgehead atoms. The van der Waals surface area contributed by atoms with Gasteiger partial charge in [-0.25, -0.2) is 9.97 Å². The summed E-state index contributed by atoms with van der Waals surface area (Å²) >= 11 is 7.58. The zero-order valence-electron chi connectivity index (χ0n) is 10.6.